The summed E-state index contributed by atoms with van der Waals surface area (Å²) in [4.78, 5) is 29.4. The molecule has 2 aromatic heterocycles. The van der Waals surface area contributed by atoms with Gasteiger partial charge in [0.05, 0.1) is 16.6 Å². The first-order valence-electron chi connectivity index (χ1n) is 10.1. The zero-order valence-corrected chi connectivity index (χ0v) is 17.6. The Bertz CT molecular complexity index is 1070. The molecule has 1 atom stereocenters. The molecule has 0 unspecified atom stereocenters. The highest BCUT2D eigenvalue weighted by Gasteiger charge is 2.11. The largest absolute Gasteiger partial charge is 0.356 e. The summed E-state index contributed by atoms with van der Waals surface area (Å²) in [6.45, 7) is 9.81. The number of hydrogen-bond donors (Lipinski definition) is 1. The number of aryl methyl sites for hydroxylation is 3. The Morgan fingerprint density at radius 2 is 1.97 bits per heavy atom. The Hall–Kier alpha value is -2.96. The Balaban J connectivity index is 1.48. The first-order valence-corrected chi connectivity index (χ1v) is 10.1. The van der Waals surface area contributed by atoms with Gasteiger partial charge in [0.2, 0.25) is 5.91 Å². The van der Waals surface area contributed by atoms with E-state index >= 15 is 0 Å². The molecule has 0 aliphatic rings. The molecule has 29 heavy (non-hydrogen) atoms. The lowest BCUT2D eigenvalue weighted by Gasteiger charge is -2.14. The molecule has 3 rings (SSSR count). The summed E-state index contributed by atoms with van der Waals surface area (Å²) in [5, 5.41) is 8.07. The lowest BCUT2D eigenvalue weighted by atomic mass is 10.1. The minimum absolute atomic E-state index is 0.00432. The van der Waals surface area contributed by atoms with Crippen molar-refractivity contribution < 1.29 is 4.79 Å². The van der Waals surface area contributed by atoms with Gasteiger partial charge in [0, 0.05) is 31.7 Å². The molecule has 154 valence electrons. The van der Waals surface area contributed by atoms with E-state index < -0.39 is 0 Å². The molecule has 1 amide bonds. The minimum Gasteiger partial charge on any atom is -0.356 e. The van der Waals surface area contributed by atoms with Crippen molar-refractivity contribution in [2.75, 3.05) is 6.54 Å². The number of hydrogen-bond acceptors (Lipinski definition) is 4. The van der Waals surface area contributed by atoms with Gasteiger partial charge in [0.25, 0.3) is 5.56 Å². The summed E-state index contributed by atoms with van der Waals surface area (Å²) in [6, 6.07) is 9.40. The van der Waals surface area contributed by atoms with Crippen LogP contribution >= 0.6 is 0 Å². The average molecular weight is 396 g/mol. The van der Waals surface area contributed by atoms with Gasteiger partial charge in [-0.05, 0) is 51.3 Å². The summed E-state index contributed by atoms with van der Waals surface area (Å²) in [7, 11) is 0. The maximum absolute atomic E-state index is 12.7. The molecule has 0 fully saturated rings. The first-order chi connectivity index (χ1) is 13.8. The lowest BCUT2D eigenvalue weighted by molar-refractivity contribution is -0.121. The van der Waals surface area contributed by atoms with Gasteiger partial charge in [-0.3, -0.25) is 18.8 Å². The Kier molecular flexibility index (Phi) is 6.46. The van der Waals surface area contributed by atoms with E-state index in [1.54, 1.807) is 10.6 Å². The molecule has 0 spiro atoms. The molecular formula is C22H29N5O2. The summed E-state index contributed by atoms with van der Waals surface area (Å²) >= 11 is 0. The van der Waals surface area contributed by atoms with Crippen LogP contribution in [-0.4, -0.2) is 31.8 Å². The van der Waals surface area contributed by atoms with Gasteiger partial charge in [0.15, 0.2) is 0 Å². The molecule has 0 bridgehead atoms. The third-order valence-electron chi connectivity index (χ3n) is 5.07. The van der Waals surface area contributed by atoms with E-state index in [0.717, 1.165) is 17.9 Å². The van der Waals surface area contributed by atoms with Crippen LogP contribution in [0, 0.1) is 26.7 Å². The monoisotopic (exact) mass is 395 g/mol. The van der Waals surface area contributed by atoms with Crippen molar-refractivity contribution >= 4 is 16.8 Å². The SMILES string of the molecule is Cc1cc(C)n(C[C@H](C)CNC(=O)CCCn2c(C)nc3ccccc3c2=O)n1. The van der Waals surface area contributed by atoms with Gasteiger partial charge < -0.3 is 5.32 Å². The van der Waals surface area contributed by atoms with Crippen molar-refractivity contribution in [1.82, 2.24) is 24.6 Å². The molecule has 1 N–H and O–H groups in total. The zero-order chi connectivity index (χ0) is 21.0. The summed E-state index contributed by atoms with van der Waals surface area (Å²) in [5.74, 6) is 0.962. The number of aromatic nitrogens is 4. The van der Waals surface area contributed by atoms with Crippen molar-refractivity contribution in [3.05, 3.63) is 57.9 Å². The summed E-state index contributed by atoms with van der Waals surface area (Å²) in [6.07, 6.45) is 0.976. The molecule has 0 saturated carbocycles. The predicted molar refractivity (Wildman–Crippen MR) is 114 cm³/mol. The van der Waals surface area contributed by atoms with E-state index in [1.165, 1.54) is 0 Å². The molecule has 2 heterocycles. The fourth-order valence-corrected chi connectivity index (χ4v) is 3.54. The highest BCUT2D eigenvalue weighted by Crippen LogP contribution is 2.09. The molecule has 0 saturated heterocycles. The first kappa shape index (κ1) is 20.8. The maximum atomic E-state index is 12.7. The zero-order valence-electron chi connectivity index (χ0n) is 17.6. The van der Waals surface area contributed by atoms with Crippen LogP contribution in [0.3, 0.4) is 0 Å². The predicted octanol–water partition coefficient (Wildman–Crippen LogP) is 2.75. The van der Waals surface area contributed by atoms with Gasteiger partial charge in [-0.1, -0.05) is 19.1 Å². The van der Waals surface area contributed by atoms with E-state index in [4.69, 9.17) is 0 Å². The Morgan fingerprint density at radius 1 is 1.21 bits per heavy atom. The number of para-hydroxylation sites is 1. The number of benzene rings is 1. The van der Waals surface area contributed by atoms with Crippen LogP contribution in [0.4, 0.5) is 0 Å². The van der Waals surface area contributed by atoms with Crippen molar-refractivity contribution in [1.29, 1.82) is 0 Å². The fraction of sp³-hybridized carbons (Fsp3) is 0.455. The normalized spacial score (nSPS) is 12.3. The standard InChI is InChI=1S/C22H29N5O2/c1-15(14-27-17(3)12-16(2)25-27)13-23-21(28)10-7-11-26-18(4)24-20-9-6-5-8-19(20)22(26)29/h5-6,8-9,12,15H,7,10-11,13-14H2,1-4H3,(H,23,28)/t15-/m1/s1. The average Bonchev–Trinajstić information content (AvgIpc) is 2.99. The number of fused-ring (bicyclic) bond motifs is 1. The molecule has 0 radical (unpaired) electrons. The number of carbonyl (C=O) groups is 1. The highest BCUT2D eigenvalue weighted by atomic mass is 16.1. The van der Waals surface area contributed by atoms with Gasteiger partial charge in [0.1, 0.15) is 5.82 Å². The second-order valence-corrected chi connectivity index (χ2v) is 7.75. The number of amides is 1. The number of nitrogens with one attached hydrogen (secondary N) is 1. The minimum atomic E-state index is -0.0491. The second kappa shape index (κ2) is 9.03. The molecule has 7 nitrogen and oxygen atoms in total. The number of carbonyl (C=O) groups excluding carboxylic acids is 1. The quantitative estimate of drug-likeness (QED) is 0.636. The van der Waals surface area contributed by atoms with Crippen LogP contribution in [0.2, 0.25) is 0 Å². The molecule has 7 heteroatoms. The lowest BCUT2D eigenvalue weighted by Crippen LogP contribution is -2.31. The number of rotatable bonds is 8. The van der Waals surface area contributed by atoms with Gasteiger partial charge in [-0.15, -0.1) is 0 Å². The molecule has 3 aromatic rings. The molecular weight excluding hydrogens is 366 g/mol. The van der Waals surface area contributed by atoms with Crippen LogP contribution < -0.4 is 10.9 Å². The number of nitrogens with zero attached hydrogens (tertiary/aromatic N) is 4. The van der Waals surface area contributed by atoms with Crippen LogP contribution in [0.25, 0.3) is 10.9 Å². The van der Waals surface area contributed by atoms with E-state index in [2.05, 4.69) is 28.4 Å². The van der Waals surface area contributed by atoms with Gasteiger partial charge >= 0.3 is 0 Å². The Morgan fingerprint density at radius 3 is 2.69 bits per heavy atom. The van der Waals surface area contributed by atoms with Crippen LogP contribution in [0.15, 0.2) is 35.1 Å². The Labute approximate surface area is 170 Å². The van der Waals surface area contributed by atoms with E-state index in [0.29, 0.717) is 42.7 Å². The van der Waals surface area contributed by atoms with Crippen molar-refractivity contribution in [2.24, 2.45) is 5.92 Å². The topological polar surface area (TPSA) is 81.8 Å². The highest BCUT2D eigenvalue weighted by molar-refractivity contribution is 5.77. The van der Waals surface area contributed by atoms with Crippen molar-refractivity contribution in [3.8, 4) is 0 Å². The molecule has 0 aliphatic heterocycles. The van der Waals surface area contributed by atoms with Crippen molar-refractivity contribution in [2.45, 2.75) is 53.6 Å². The van der Waals surface area contributed by atoms with Crippen LogP contribution in [0.5, 0.6) is 0 Å². The van der Waals surface area contributed by atoms with E-state index in [1.807, 2.05) is 43.7 Å². The third kappa shape index (κ3) is 5.10. The van der Waals surface area contributed by atoms with Crippen LogP contribution in [-0.2, 0) is 17.9 Å². The van der Waals surface area contributed by atoms with Crippen LogP contribution in [0.1, 0.15) is 37.0 Å². The van der Waals surface area contributed by atoms with Gasteiger partial charge in [-0.25, -0.2) is 4.98 Å². The summed E-state index contributed by atoms with van der Waals surface area (Å²) in [5.41, 5.74) is 2.80. The summed E-state index contributed by atoms with van der Waals surface area (Å²) < 4.78 is 3.63. The molecule has 1 aromatic carbocycles. The smallest absolute Gasteiger partial charge is 0.261 e. The third-order valence-corrected chi connectivity index (χ3v) is 5.07. The van der Waals surface area contributed by atoms with E-state index in [-0.39, 0.29) is 17.4 Å². The van der Waals surface area contributed by atoms with Gasteiger partial charge in [-0.2, -0.15) is 5.10 Å². The molecule has 0 aliphatic carbocycles. The second-order valence-electron chi connectivity index (χ2n) is 7.75. The fourth-order valence-electron chi connectivity index (χ4n) is 3.54. The van der Waals surface area contributed by atoms with E-state index in [9.17, 15) is 9.59 Å². The van der Waals surface area contributed by atoms with Crippen molar-refractivity contribution in [3.63, 3.8) is 0 Å². The maximum Gasteiger partial charge on any atom is 0.261 e.